The summed E-state index contributed by atoms with van der Waals surface area (Å²) >= 11 is 0. The molecule has 1 heteroatoms. The van der Waals surface area contributed by atoms with Crippen LogP contribution in [0.15, 0.2) is 30.3 Å². The molecule has 0 saturated heterocycles. The summed E-state index contributed by atoms with van der Waals surface area (Å²) in [7, 11) is 0. The van der Waals surface area contributed by atoms with Crippen LogP contribution in [-0.2, 0) is 5.41 Å². The lowest BCUT2D eigenvalue weighted by Crippen LogP contribution is -2.46. The van der Waals surface area contributed by atoms with E-state index in [1.165, 1.54) is 37.7 Å². The molecular formula is C15H23N. The molecule has 88 valence electrons. The van der Waals surface area contributed by atoms with Crippen molar-refractivity contribution in [1.82, 2.24) is 0 Å². The van der Waals surface area contributed by atoms with Crippen molar-refractivity contribution in [3.8, 4) is 0 Å². The second-order valence-corrected chi connectivity index (χ2v) is 5.10. The fraction of sp³-hybridized carbons (Fsp3) is 0.600. The van der Waals surface area contributed by atoms with Crippen molar-refractivity contribution in [2.45, 2.75) is 56.9 Å². The normalized spacial score (nSPS) is 21.6. The molecule has 0 radical (unpaired) electrons. The molecule has 2 rings (SSSR count). The zero-order valence-corrected chi connectivity index (χ0v) is 10.3. The Morgan fingerprint density at radius 3 is 2.31 bits per heavy atom. The zero-order chi connectivity index (χ0) is 11.4. The third-order valence-corrected chi connectivity index (χ3v) is 4.24. The minimum absolute atomic E-state index is 0.258. The van der Waals surface area contributed by atoms with E-state index in [0.717, 1.165) is 6.42 Å². The number of nitrogens with two attached hydrogens (primary N) is 1. The predicted molar refractivity (Wildman–Crippen MR) is 69.5 cm³/mol. The van der Waals surface area contributed by atoms with Gasteiger partial charge in [0.15, 0.2) is 0 Å². The SMILES string of the molecule is CC[C@H](N)C1(c2ccccc2)CCCCC1. The van der Waals surface area contributed by atoms with Crippen molar-refractivity contribution in [1.29, 1.82) is 0 Å². The molecular weight excluding hydrogens is 194 g/mol. The average Bonchev–Trinajstić information content (AvgIpc) is 2.39. The largest absolute Gasteiger partial charge is 0.327 e. The van der Waals surface area contributed by atoms with Gasteiger partial charge in [-0.15, -0.1) is 0 Å². The molecule has 1 saturated carbocycles. The van der Waals surface area contributed by atoms with E-state index < -0.39 is 0 Å². The van der Waals surface area contributed by atoms with Crippen molar-refractivity contribution < 1.29 is 0 Å². The molecule has 1 aromatic rings. The summed E-state index contributed by atoms with van der Waals surface area (Å²) in [4.78, 5) is 0. The van der Waals surface area contributed by atoms with Gasteiger partial charge in [-0.1, -0.05) is 56.5 Å². The van der Waals surface area contributed by atoms with E-state index in [4.69, 9.17) is 5.73 Å². The van der Waals surface area contributed by atoms with Gasteiger partial charge in [-0.3, -0.25) is 0 Å². The van der Waals surface area contributed by atoms with Gasteiger partial charge in [0, 0.05) is 11.5 Å². The molecule has 16 heavy (non-hydrogen) atoms. The van der Waals surface area contributed by atoms with Crippen molar-refractivity contribution >= 4 is 0 Å². The highest BCUT2D eigenvalue weighted by Crippen LogP contribution is 2.42. The van der Waals surface area contributed by atoms with Gasteiger partial charge < -0.3 is 5.73 Å². The predicted octanol–water partition coefficient (Wildman–Crippen LogP) is 3.63. The van der Waals surface area contributed by atoms with Crippen LogP contribution in [0.4, 0.5) is 0 Å². The van der Waals surface area contributed by atoms with Crippen LogP contribution in [0.3, 0.4) is 0 Å². The first kappa shape index (κ1) is 11.7. The van der Waals surface area contributed by atoms with Gasteiger partial charge in [-0.25, -0.2) is 0 Å². The van der Waals surface area contributed by atoms with Crippen LogP contribution in [-0.4, -0.2) is 6.04 Å². The van der Waals surface area contributed by atoms with Crippen LogP contribution in [0.1, 0.15) is 51.0 Å². The van der Waals surface area contributed by atoms with Crippen LogP contribution in [0, 0.1) is 0 Å². The zero-order valence-electron chi connectivity index (χ0n) is 10.3. The first-order valence-corrected chi connectivity index (χ1v) is 6.61. The summed E-state index contributed by atoms with van der Waals surface area (Å²) in [5.74, 6) is 0. The lowest BCUT2D eigenvalue weighted by atomic mass is 9.64. The van der Waals surface area contributed by atoms with Crippen molar-refractivity contribution in [2.24, 2.45) is 5.73 Å². The van der Waals surface area contributed by atoms with Crippen molar-refractivity contribution in [3.63, 3.8) is 0 Å². The third-order valence-electron chi connectivity index (χ3n) is 4.24. The molecule has 1 nitrogen and oxygen atoms in total. The van der Waals surface area contributed by atoms with Gasteiger partial charge in [0.05, 0.1) is 0 Å². The van der Waals surface area contributed by atoms with Gasteiger partial charge in [0.1, 0.15) is 0 Å². The van der Waals surface area contributed by atoms with Crippen LogP contribution < -0.4 is 5.73 Å². The fourth-order valence-electron chi connectivity index (χ4n) is 3.22. The second kappa shape index (κ2) is 5.01. The van der Waals surface area contributed by atoms with E-state index in [2.05, 4.69) is 37.3 Å². The molecule has 0 amide bonds. The Hall–Kier alpha value is -0.820. The summed E-state index contributed by atoms with van der Waals surface area (Å²) < 4.78 is 0. The molecule has 0 spiro atoms. The maximum atomic E-state index is 6.41. The number of hydrogen-bond donors (Lipinski definition) is 1. The van der Waals surface area contributed by atoms with E-state index in [9.17, 15) is 0 Å². The van der Waals surface area contributed by atoms with E-state index in [0.29, 0.717) is 6.04 Å². The van der Waals surface area contributed by atoms with E-state index in [1.54, 1.807) is 0 Å². The maximum absolute atomic E-state index is 6.41. The van der Waals surface area contributed by atoms with E-state index >= 15 is 0 Å². The molecule has 0 unspecified atom stereocenters. The quantitative estimate of drug-likeness (QED) is 0.822. The summed E-state index contributed by atoms with van der Waals surface area (Å²) in [5.41, 5.74) is 8.13. The first-order chi connectivity index (χ1) is 7.79. The van der Waals surface area contributed by atoms with Crippen LogP contribution in [0.5, 0.6) is 0 Å². The van der Waals surface area contributed by atoms with Crippen LogP contribution in [0.2, 0.25) is 0 Å². The lowest BCUT2D eigenvalue weighted by molar-refractivity contribution is 0.238. The summed E-state index contributed by atoms with van der Waals surface area (Å²) in [5, 5.41) is 0. The first-order valence-electron chi connectivity index (χ1n) is 6.61. The summed E-state index contributed by atoms with van der Waals surface area (Å²) in [6, 6.07) is 11.2. The number of hydrogen-bond acceptors (Lipinski definition) is 1. The Kier molecular flexibility index (Phi) is 3.65. The van der Waals surface area contributed by atoms with Crippen LogP contribution in [0.25, 0.3) is 0 Å². The van der Waals surface area contributed by atoms with Crippen LogP contribution >= 0.6 is 0 Å². The molecule has 1 aromatic carbocycles. The molecule has 2 N–H and O–H groups in total. The standard InChI is InChI=1S/C15H23N/c1-2-14(16)15(11-7-4-8-12-15)13-9-5-3-6-10-13/h3,5-6,9-10,14H,2,4,7-8,11-12,16H2,1H3/t14-/m0/s1. The molecule has 0 aliphatic heterocycles. The van der Waals surface area contributed by atoms with E-state index in [-0.39, 0.29) is 5.41 Å². The minimum atomic E-state index is 0.258. The monoisotopic (exact) mass is 217 g/mol. The highest BCUT2D eigenvalue weighted by molar-refractivity contribution is 5.28. The second-order valence-electron chi connectivity index (χ2n) is 5.10. The average molecular weight is 217 g/mol. The molecule has 1 aliphatic carbocycles. The number of rotatable bonds is 3. The third kappa shape index (κ3) is 2.01. The maximum Gasteiger partial charge on any atom is 0.0134 e. The molecule has 1 atom stereocenters. The Morgan fingerprint density at radius 1 is 1.12 bits per heavy atom. The van der Waals surface area contributed by atoms with Gasteiger partial charge in [0.25, 0.3) is 0 Å². The fourth-order valence-corrected chi connectivity index (χ4v) is 3.22. The van der Waals surface area contributed by atoms with Gasteiger partial charge in [0.2, 0.25) is 0 Å². The van der Waals surface area contributed by atoms with Gasteiger partial charge >= 0.3 is 0 Å². The van der Waals surface area contributed by atoms with Gasteiger partial charge in [-0.2, -0.15) is 0 Å². The Labute approximate surface area is 99.0 Å². The molecule has 0 bridgehead atoms. The smallest absolute Gasteiger partial charge is 0.0134 e. The van der Waals surface area contributed by atoms with Crippen molar-refractivity contribution in [2.75, 3.05) is 0 Å². The summed E-state index contributed by atoms with van der Waals surface area (Å²) in [6.45, 7) is 2.21. The topological polar surface area (TPSA) is 26.0 Å². The summed E-state index contributed by atoms with van der Waals surface area (Å²) in [6.07, 6.45) is 7.67. The molecule has 1 aliphatic rings. The van der Waals surface area contributed by atoms with Crippen molar-refractivity contribution in [3.05, 3.63) is 35.9 Å². The van der Waals surface area contributed by atoms with Gasteiger partial charge in [-0.05, 0) is 24.8 Å². The lowest BCUT2D eigenvalue weighted by Gasteiger charge is -2.42. The molecule has 1 fully saturated rings. The van der Waals surface area contributed by atoms with E-state index in [1.807, 2.05) is 0 Å². The highest BCUT2D eigenvalue weighted by atomic mass is 14.7. The molecule has 0 aromatic heterocycles. The molecule has 0 heterocycles. The minimum Gasteiger partial charge on any atom is -0.327 e. The Balaban J connectivity index is 2.34. The highest BCUT2D eigenvalue weighted by Gasteiger charge is 2.38. The Morgan fingerprint density at radius 2 is 1.75 bits per heavy atom. The number of benzene rings is 1. The Bertz CT molecular complexity index is 311.